The molecule has 1 N–H and O–H groups in total. The van der Waals surface area contributed by atoms with Crippen molar-refractivity contribution in [3.05, 3.63) is 48.1 Å². The lowest BCUT2D eigenvalue weighted by Crippen LogP contribution is -2.30. The number of rotatable bonds is 4. The highest BCUT2D eigenvalue weighted by molar-refractivity contribution is 7.91. The highest BCUT2D eigenvalue weighted by Crippen LogP contribution is 2.39. The van der Waals surface area contributed by atoms with Gasteiger partial charge in [0.1, 0.15) is 16.0 Å². The van der Waals surface area contributed by atoms with Gasteiger partial charge in [-0.2, -0.15) is 9.29 Å². The predicted octanol–water partition coefficient (Wildman–Crippen LogP) is 3.34. The molecule has 0 aliphatic carbocycles. The van der Waals surface area contributed by atoms with Crippen LogP contribution in [0.2, 0.25) is 0 Å². The third-order valence-corrected chi connectivity index (χ3v) is 7.82. The molecule has 3 aromatic rings. The van der Waals surface area contributed by atoms with E-state index in [9.17, 15) is 13.5 Å². The van der Waals surface area contributed by atoms with Crippen molar-refractivity contribution in [3.63, 3.8) is 0 Å². The molecule has 0 radical (unpaired) electrons. The molecular formula is C17H17N3O4S2. The molecule has 9 heteroatoms. The molecule has 1 atom stereocenters. The number of nitrogens with zero attached hydrogens (tertiary/aromatic N) is 3. The van der Waals surface area contributed by atoms with Crippen LogP contribution >= 0.6 is 11.3 Å². The minimum atomic E-state index is -3.66. The van der Waals surface area contributed by atoms with Crippen LogP contribution in [-0.2, 0) is 10.0 Å². The topological polar surface area (TPSA) is 96.5 Å². The van der Waals surface area contributed by atoms with Crippen molar-refractivity contribution < 1.29 is 18.0 Å². The van der Waals surface area contributed by atoms with E-state index in [1.807, 2.05) is 6.07 Å². The maximum absolute atomic E-state index is 13.1. The molecule has 0 saturated carbocycles. The van der Waals surface area contributed by atoms with Gasteiger partial charge in [-0.05, 0) is 49.6 Å². The van der Waals surface area contributed by atoms with Gasteiger partial charge in [0.2, 0.25) is 5.89 Å². The number of hydrogen-bond acceptors (Lipinski definition) is 7. The van der Waals surface area contributed by atoms with Crippen LogP contribution < -0.4 is 0 Å². The zero-order valence-corrected chi connectivity index (χ0v) is 15.6. The summed E-state index contributed by atoms with van der Waals surface area (Å²) in [5.41, 5.74) is 0.780. The number of hydrogen-bond donors (Lipinski definition) is 1. The number of aryl methyl sites for hydroxylation is 1. The van der Waals surface area contributed by atoms with Crippen LogP contribution in [0, 0.1) is 6.92 Å². The van der Waals surface area contributed by atoms with Crippen LogP contribution in [-0.4, -0.2) is 34.5 Å². The third kappa shape index (κ3) is 3.02. The molecule has 0 bridgehead atoms. The number of phenols is 1. The zero-order valence-electron chi connectivity index (χ0n) is 14.0. The van der Waals surface area contributed by atoms with Crippen LogP contribution in [0.4, 0.5) is 0 Å². The monoisotopic (exact) mass is 391 g/mol. The molecule has 1 aromatic carbocycles. The first kappa shape index (κ1) is 17.2. The van der Waals surface area contributed by atoms with E-state index in [1.54, 1.807) is 37.3 Å². The molecule has 2 aromatic heterocycles. The number of aromatic nitrogens is 2. The number of thiophene rings is 1. The lowest BCUT2D eigenvalue weighted by Gasteiger charge is -2.20. The molecule has 1 unspecified atom stereocenters. The van der Waals surface area contributed by atoms with Crippen molar-refractivity contribution in [1.29, 1.82) is 0 Å². The summed E-state index contributed by atoms with van der Waals surface area (Å²) in [5.74, 6) is 0.978. The second-order valence-electron chi connectivity index (χ2n) is 6.12. The van der Waals surface area contributed by atoms with Gasteiger partial charge in [0.25, 0.3) is 10.0 Å². The number of aromatic hydroxyl groups is 1. The predicted molar refractivity (Wildman–Crippen MR) is 96.3 cm³/mol. The Kier molecular flexibility index (Phi) is 4.29. The molecule has 1 aliphatic heterocycles. The van der Waals surface area contributed by atoms with Crippen LogP contribution in [0.1, 0.15) is 30.6 Å². The van der Waals surface area contributed by atoms with Gasteiger partial charge >= 0.3 is 0 Å². The van der Waals surface area contributed by atoms with Crippen molar-refractivity contribution in [2.45, 2.75) is 30.0 Å². The van der Waals surface area contributed by atoms with Crippen molar-refractivity contribution in [2.75, 3.05) is 6.54 Å². The second kappa shape index (κ2) is 6.49. The standard InChI is InChI=1S/C17H17N3O4S2/c1-11-18-17(24-19-11)14-6-3-9-20(14)26(22,23)16-8-7-15(25-16)12-4-2-5-13(21)10-12/h2,4-5,7-8,10,14,21H,3,6,9H2,1H3. The fourth-order valence-electron chi connectivity index (χ4n) is 3.11. The smallest absolute Gasteiger partial charge is 0.253 e. The Morgan fingerprint density at radius 3 is 2.88 bits per heavy atom. The molecule has 26 heavy (non-hydrogen) atoms. The molecule has 3 heterocycles. The SMILES string of the molecule is Cc1noc(C2CCCN2S(=O)(=O)c2ccc(-c3cccc(O)c3)s2)n1. The van der Waals surface area contributed by atoms with Crippen LogP contribution in [0.3, 0.4) is 0 Å². The Labute approximate surface area is 155 Å². The van der Waals surface area contributed by atoms with E-state index in [0.717, 1.165) is 16.9 Å². The largest absolute Gasteiger partial charge is 0.508 e. The number of benzene rings is 1. The maximum Gasteiger partial charge on any atom is 0.253 e. The van der Waals surface area contributed by atoms with E-state index in [1.165, 1.54) is 15.6 Å². The van der Waals surface area contributed by atoms with E-state index < -0.39 is 16.1 Å². The summed E-state index contributed by atoms with van der Waals surface area (Å²) in [7, 11) is -3.66. The molecule has 1 fully saturated rings. The van der Waals surface area contributed by atoms with Crippen molar-refractivity contribution in [2.24, 2.45) is 0 Å². The van der Waals surface area contributed by atoms with Gasteiger partial charge in [-0.3, -0.25) is 0 Å². The van der Waals surface area contributed by atoms with Crippen molar-refractivity contribution >= 4 is 21.4 Å². The minimum absolute atomic E-state index is 0.145. The summed E-state index contributed by atoms with van der Waals surface area (Å²) in [6, 6.07) is 9.70. The second-order valence-corrected chi connectivity index (χ2v) is 9.32. The fraction of sp³-hybridized carbons (Fsp3) is 0.294. The van der Waals surface area contributed by atoms with Crippen LogP contribution in [0.15, 0.2) is 45.1 Å². The van der Waals surface area contributed by atoms with E-state index >= 15 is 0 Å². The van der Waals surface area contributed by atoms with Gasteiger partial charge in [0, 0.05) is 11.4 Å². The first-order valence-corrected chi connectivity index (χ1v) is 10.4. The summed E-state index contributed by atoms with van der Waals surface area (Å²) in [4.78, 5) is 4.99. The molecule has 4 rings (SSSR count). The summed E-state index contributed by atoms with van der Waals surface area (Å²) in [5, 5.41) is 13.4. The van der Waals surface area contributed by atoms with E-state index in [4.69, 9.17) is 4.52 Å². The summed E-state index contributed by atoms with van der Waals surface area (Å²) in [6.07, 6.45) is 1.40. The highest BCUT2D eigenvalue weighted by atomic mass is 32.2. The quantitative estimate of drug-likeness (QED) is 0.733. The summed E-state index contributed by atoms with van der Waals surface area (Å²) < 4.78 is 33.2. The van der Waals surface area contributed by atoms with E-state index in [-0.39, 0.29) is 9.96 Å². The van der Waals surface area contributed by atoms with Crippen LogP contribution in [0.25, 0.3) is 10.4 Å². The average molecular weight is 391 g/mol. The van der Waals surface area contributed by atoms with Gasteiger partial charge in [0.15, 0.2) is 5.82 Å². The normalized spacial score (nSPS) is 18.4. The van der Waals surface area contributed by atoms with Crippen LogP contribution in [0.5, 0.6) is 5.75 Å². The molecule has 1 saturated heterocycles. The maximum atomic E-state index is 13.1. The molecule has 7 nitrogen and oxygen atoms in total. The number of sulfonamides is 1. The van der Waals surface area contributed by atoms with E-state index in [0.29, 0.717) is 24.7 Å². The first-order valence-electron chi connectivity index (χ1n) is 8.16. The van der Waals surface area contributed by atoms with Gasteiger partial charge < -0.3 is 9.63 Å². The van der Waals surface area contributed by atoms with Gasteiger partial charge in [-0.1, -0.05) is 17.3 Å². The number of phenolic OH excluding ortho intramolecular Hbond substituents is 1. The van der Waals surface area contributed by atoms with Gasteiger partial charge in [-0.25, -0.2) is 8.42 Å². The Balaban J connectivity index is 1.66. The molecule has 136 valence electrons. The van der Waals surface area contributed by atoms with Crippen molar-refractivity contribution in [1.82, 2.24) is 14.4 Å². The third-order valence-electron chi connectivity index (χ3n) is 4.31. The van der Waals surface area contributed by atoms with Gasteiger partial charge in [0.05, 0.1) is 0 Å². The Morgan fingerprint density at radius 1 is 1.31 bits per heavy atom. The van der Waals surface area contributed by atoms with E-state index in [2.05, 4.69) is 10.1 Å². The first-order chi connectivity index (χ1) is 12.4. The lowest BCUT2D eigenvalue weighted by molar-refractivity contribution is 0.290. The average Bonchev–Trinajstić information content (AvgIpc) is 3.35. The lowest BCUT2D eigenvalue weighted by atomic mass is 10.2. The Hall–Kier alpha value is -2.23. The Bertz CT molecular complexity index is 1040. The molecule has 1 aliphatic rings. The zero-order chi connectivity index (χ0) is 18.3. The summed E-state index contributed by atoms with van der Waals surface area (Å²) in [6.45, 7) is 2.13. The molecule has 0 amide bonds. The molecular weight excluding hydrogens is 374 g/mol. The summed E-state index contributed by atoms with van der Waals surface area (Å²) >= 11 is 1.18. The molecule has 0 spiro atoms. The minimum Gasteiger partial charge on any atom is -0.508 e. The fourth-order valence-corrected chi connectivity index (χ4v) is 6.19. The van der Waals surface area contributed by atoms with Gasteiger partial charge in [-0.15, -0.1) is 11.3 Å². The Morgan fingerprint density at radius 2 is 2.15 bits per heavy atom. The highest BCUT2D eigenvalue weighted by Gasteiger charge is 2.39. The van der Waals surface area contributed by atoms with Crippen molar-refractivity contribution in [3.8, 4) is 16.2 Å².